The van der Waals surface area contributed by atoms with Crippen molar-refractivity contribution in [1.82, 2.24) is 24.5 Å². The molecule has 0 atom stereocenters. The number of nitriles is 1. The summed E-state index contributed by atoms with van der Waals surface area (Å²) in [6.45, 7) is 0.411. The number of benzene rings is 1. The molecule has 1 aromatic carbocycles. The number of rotatable bonds is 6. The Hall–Kier alpha value is -4.43. The van der Waals surface area contributed by atoms with Crippen LogP contribution < -0.4 is 28.1 Å². The van der Waals surface area contributed by atoms with Crippen molar-refractivity contribution < 1.29 is 0 Å². The Morgan fingerprint density at radius 3 is 2.67 bits per heavy atom. The largest absolute Gasteiger partial charge is 0.384 e. The summed E-state index contributed by atoms with van der Waals surface area (Å²) in [4.78, 5) is 29.9. The van der Waals surface area contributed by atoms with Crippen molar-refractivity contribution in [3.63, 3.8) is 0 Å². The number of aromatic nitrogens is 5. The molecule has 0 unspecified atom stereocenters. The lowest BCUT2D eigenvalue weighted by Gasteiger charge is -2.14. The van der Waals surface area contributed by atoms with E-state index in [0.717, 1.165) is 0 Å². The second-order valence-electron chi connectivity index (χ2n) is 7.08. The Balaban J connectivity index is 1.65. The summed E-state index contributed by atoms with van der Waals surface area (Å²) in [5.41, 5.74) is 17.9. The maximum atomic E-state index is 13.4. The second kappa shape index (κ2) is 8.97. The summed E-state index contributed by atoms with van der Waals surface area (Å²) in [5.74, 6) is 1.07. The molecular formula is C21H19ClN10O. The lowest BCUT2D eigenvalue weighted by molar-refractivity contribution is 0.752. The molecule has 7 N–H and O–H groups in total. The minimum atomic E-state index is -0.303. The topological polar surface area (TPSA) is 187 Å². The van der Waals surface area contributed by atoms with E-state index in [0.29, 0.717) is 52.6 Å². The monoisotopic (exact) mass is 462 g/mol. The van der Waals surface area contributed by atoms with Crippen LogP contribution in [0.25, 0.3) is 16.6 Å². The van der Waals surface area contributed by atoms with Gasteiger partial charge in [0, 0.05) is 13.0 Å². The number of halogens is 1. The second-order valence-corrected chi connectivity index (χ2v) is 7.48. The van der Waals surface area contributed by atoms with Gasteiger partial charge in [0.15, 0.2) is 5.82 Å². The Bertz CT molecular complexity index is 1440. The van der Waals surface area contributed by atoms with E-state index in [2.05, 4.69) is 25.3 Å². The standard InChI is InChI=1S/C21H19ClN10O/c22-13-3-1-4-14-17(13)20(33)32(11-6-7-15(24)28-10-11)16(29-14)5-2-8-27-19-12(9-23)18(25)30-21(26)31-19/h1,3-4,6-7,10H,2,5,8H2,(H2,24,28)(H5,25,26,27,30,31). The van der Waals surface area contributed by atoms with Crippen molar-refractivity contribution in [2.24, 2.45) is 0 Å². The molecule has 4 rings (SSSR count). The molecule has 0 aliphatic rings. The first kappa shape index (κ1) is 21.8. The molecule has 33 heavy (non-hydrogen) atoms. The Morgan fingerprint density at radius 2 is 1.94 bits per heavy atom. The number of aryl methyl sites for hydroxylation is 1. The lowest BCUT2D eigenvalue weighted by Crippen LogP contribution is -2.25. The van der Waals surface area contributed by atoms with Gasteiger partial charge < -0.3 is 22.5 Å². The first-order valence-electron chi connectivity index (χ1n) is 9.88. The highest BCUT2D eigenvalue weighted by atomic mass is 35.5. The number of pyridine rings is 1. The normalized spacial score (nSPS) is 10.8. The van der Waals surface area contributed by atoms with Crippen LogP contribution in [0.3, 0.4) is 0 Å². The van der Waals surface area contributed by atoms with E-state index >= 15 is 0 Å². The molecule has 0 saturated heterocycles. The van der Waals surface area contributed by atoms with Crippen LogP contribution in [0.4, 0.5) is 23.4 Å². The maximum Gasteiger partial charge on any atom is 0.267 e. The molecule has 3 aromatic heterocycles. The van der Waals surface area contributed by atoms with Crippen LogP contribution in [0, 0.1) is 11.3 Å². The molecule has 0 aliphatic carbocycles. The van der Waals surface area contributed by atoms with E-state index in [1.54, 1.807) is 30.3 Å². The van der Waals surface area contributed by atoms with Crippen LogP contribution >= 0.6 is 11.6 Å². The predicted octanol–water partition coefficient (Wildman–Crippen LogP) is 1.89. The quantitative estimate of drug-likeness (QED) is 0.308. The summed E-state index contributed by atoms with van der Waals surface area (Å²) in [5, 5.41) is 13.0. The number of hydrogen-bond donors (Lipinski definition) is 4. The van der Waals surface area contributed by atoms with Crippen LogP contribution in [0.5, 0.6) is 0 Å². The maximum absolute atomic E-state index is 13.4. The molecule has 0 aliphatic heterocycles. The van der Waals surface area contributed by atoms with Gasteiger partial charge in [-0.05, 0) is 30.7 Å². The zero-order valence-corrected chi connectivity index (χ0v) is 18.0. The van der Waals surface area contributed by atoms with E-state index in [-0.39, 0.29) is 28.7 Å². The van der Waals surface area contributed by atoms with Crippen molar-refractivity contribution in [3.05, 3.63) is 63.3 Å². The molecular weight excluding hydrogens is 444 g/mol. The van der Waals surface area contributed by atoms with Crippen molar-refractivity contribution in [2.45, 2.75) is 12.8 Å². The molecule has 166 valence electrons. The number of nitrogens with two attached hydrogens (primary N) is 3. The highest BCUT2D eigenvalue weighted by Gasteiger charge is 2.16. The molecule has 0 bridgehead atoms. The summed E-state index contributed by atoms with van der Waals surface area (Å²) in [6, 6.07) is 10.4. The Morgan fingerprint density at radius 1 is 1.12 bits per heavy atom. The molecule has 4 aromatic rings. The number of hydrogen-bond acceptors (Lipinski definition) is 10. The van der Waals surface area contributed by atoms with Crippen molar-refractivity contribution >= 4 is 45.9 Å². The summed E-state index contributed by atoms with van der Waals surface area (Å²) < 4.78 is 1.47. The number of nitrogens with one attached hydrogen (secondary N) is 1. The zero-order chi connectivity index (χ0) is 23.5. The number of anilines is 4. The molecule has 0 amide bonds. The van der Waals surface area contributed by atoms with E-state index in [4.69, 9.17) is 28.8 Å². The molecule has 0 radical (unpaired) electrons. The summed E-state index contributed by atoms with van der Waals surface area (Å²) in [6.07, 6.45) is 2.48. The third-order valence-electron chi connectivity index (χ3n) is 4.88. The minimum Gasteiger partial charge on any atom is -0.384 e. The average molecular weight is 463 g/mol. The van der Waals surface area contributed by atoms with Gasteiger partial charge in [-0.3, -0.25) is 9.36 Å². The first-order chi connectivity index (χ1) is 15.9. The van der Waals surface area contributed by atoms with E-state index < -0.39 is 0 Å². The van der Waals surface area contributed by atoms with Gasteiger partial charge >= 0.3 is 0 Å². The first-order valence-corrected chi connectivity index (χ1v) is 10.3. The van der Waals surface area contributed by atoms with Crippen LogP contribution in [-0.4, -0.2) is 31.0 Å². The molecule has 12 heteroatoms. The Kier molecular flexibility index (Phi) is 5.93. The van der Waals surface area contributed by atoms with Gasteiger partial charge in [-0.1, -0.05) is 17.7 Å². The number of fused-ring (bicyclic) bond motifs is 1. The number of nitrogens with zero attached hydrogens (tertiary/aromatic N) is 6. The van der Waals surface area contributed by atoms with Crippen LogP contribution in [0.15, 0.2) is 41.3 Å². The molecule has 0 saturated carbocycles. The number of nitrogen functional groups attached to an aromatic ring is 3. The van der Waals surface area contributed by atoms with Gasteiger partial charge in [0.25, 0.3) is 5.56 Å². The molecule has 11 nitrogen and oxygen atoms in total. The van der Waals surface area contributed by atoms with Gasteiger partial charge in [-0.2, -0.15) is 15.2 Å². The van der Waals surface area contributed by atoms with Gasteiger partial charge in [0.2, 0.25) is 5.95 Å². The van der Waals surface area contributed by atoms with E-state index in [9.17, 15) is 10.1 Å². The Labute approximate surface area is 192 Å². The third kappa shape index (κ3) is 4.32. The lowest BCUT2D eigenvalue weighted by atomic mass is 10.2. The van der Waals surface area contributed by atoms with Crippen LogP contribution in [-0.2, 0) is 6.42 Å². The van der Waals surface area contributed by atoms with Gasteiger partial charge in [-0.15, -0.1) is 0 Å². The molecule has 0 fully saturated rings. The smallest absolute Gasteiger partial charge is 0.267 e. The predicted molar refractivity (Wildman–Crippen MR) is 127 cm³/mol. The summed E-state index contributed by atoms with van der Waals surface area (Å²) >= 11 is 6.29. The van der Waals surface area contributed by atoms with Gasteiger partial charge in [-0.25, -0.2) is 9.97 Å². The van der Waals surface area contributed by atoms with Crippen LogP contribution in [0.2, 0.25) is 5.02 Å². The van der Waals surface area contributed by atoms with Crippen molar-refractivity contribution in [3.8, 4) is 11.8 Å². The van der Waals surface area contributed by atoms with E-state index in [1.807, 2.05) is 6.07 Å². The molecule has 0 spiro atoms. The minimum absolute atomic E-state index is 0.00487. The van der Waals surface area contributed by atoms with Crippen LogP contribution in [0.1, 0.15) is 17.8 Å². The fourth-order valence-corrected chi connectivity index (χ4v) is 3.64. The van der Waals surface area contributed by atoms with E-state index in [1.165, 1.54) is 10.8 Å². The van der Waals surface area contributed by atoms with Crippen molar-refractivity contribution in [2.75, 3.05) is 29.1 Å². The fourth-order valence-electron chi connectivity index (χ4n) is 3.39. The van der Waals surface area contributed by atoms with Gasteiger partial charge in [0.1, 0.15) is 29.1 Å². The highest BCUT2D eigenvalue weighted by molar-refractivity contribution is 6.35. The van der Waals surface area contributed by atoms with Crippen molar-refractivity contribution in [1.29, 1.82) is 5.26 Å². The fraction of sp³-hybridized carbons (Fsp3) is 0.143. The highest BCUT2D eigenvalue weighted by Crippen LogP contribution is 2.22. The average Bonchev–Trinajstić information content (AvgIpc) is 2.77. The molecule has 3 heterocycles. The third-order valence-corrected chi connectivity index (χ3v) is 5.20. The van der Waals surface area contributed by atoms with Gasteiger partial charge in [0.05, 0.1) is 27.8 Å². The summed E-state index contributed by atoms with van der Waals surface area (Å²) in [7, 11) is 0. The SMILES string of the molecule is N#Cc1c(N)nc(N)nc1NCCCc1nc2cccc(Cl)c2c(=O)n1-c1ccc(N)nc1. The zero-order valence-electron chi connectivity index (χ0n) is 17.3.